The highest BCUT2D eigenvalue weighted by molar-refractivity contribution is 7.90. The molecule has 11 heteroatoms. The minimum absolute atomic E-state index is 0.0253. The summed E-state index contributed by atoms with van der Waals surface area (Å²) in [5.41, 5.74) is 0.884. The summed E-state index contributed by atoms with van der Waals surface area (Å²) in [7, 11) is 0.817. The second-order valence-corrected chi connectivity index (χ2v) is 10.8. The normalized spacial score (nSPS) is 12.2. The number of rotatable bonds is 8. The van der Waals surface area contributed by atoms with Crippen LogP contribution in [0, 0.1) is 0 Å². The first-order valence-corrected chi connectivity index (χ1v) is 12.5. The highest BCUT2D eigenvalue weighted by Gasteiger charge is 2.26. The summed E-state index contributed by atoms with van der Waals surface area (Å²) in [5, 5.41) is 18.0. The Morgan fingerprint density at radius 1 is 1.23 bits per heavy atom. The van der Waals surface area contributed by atoms with Crippen LogP contribution >= 0.6 is 11.6 Å². The topological polar surface area (TPSA) is 117 Å². The molecule has 0 bridgehead atoms. The molecule has 0 aliphatic carbocycles. The van der Waals surface area contributed by atoms with Crippen LogP contribution in [0.4, 0.5) is 5.69 Å². The van der Waals surface area contributed by atoms with E-state index in [1.165, 1.54) is 22.0 Å². The number of benzene rings is 2. The van der Waals surface area contributed by atoms with E-state index in [1.807, 2.05) is 0 Å². The molecule has 3 rings (SSSR count). The molecule has 0 fully saturated rings. The second kappa shape index (κ2) is 10.2. The SMILES string of the molecule is CN(C)/C=N/S(=O)(=O)c1cc(NC(=O)Cc2ccccc2Cl)ccc1-c1cc(C(C)(C)O)n(C)n1. The molecule has 0 atom stereocenters. The van der Waals surface area contributed by atoms with Gasteiger partial charge in [0.25, 0.3) is 10.0 Å². The third-order valence-corrected chi connectivity index (χ3v) is 6.69. The van der Waals surface area contributed by atoms with Crippen LogP contribution in [0.15, 0.2) is 57.8 Å². The molecule has 0 aliphatic heterocycles. The van der Waals surface area contributed by atoms with Gasteiger partial charge in [0.2, 0.25) is 5.91 Å². The summed E-state index contributed by atoms with van der Waals surface area (Å²) in [5.74, 6) is -0.354. The van der Waals surface area contributed by atoms with Gasteiger partial charge in [-0.1, -0.05) is 29.8 Å². The van der Waals surface area contributed by atoms with Crippen LogP contribution in [0.25, 0.3) is 11.3 Å². The van der Waals surface area contributed by atoms with E-state index in [0.29, 0.717) is 22.0 Å². The maximum absolute atomic E-state index is 13.2. The summed E-state index contributed by atoms with van der Waals surface area (Å²) in [6.45, 7) is 3.23. The number of aromatic nitrogens is 2. The molecule has 0 saturated heterocycles. The van der Waals surface area contributed by atoms with Gasteiger partial charge in [-0.15, -0.1) is 4.40 Å². The van der Waals surface area contributed by atoms with E-state index in [2.05, 4.69) is 14.8 Å². The number of nitrogens with one attached hydrogen (secondary N) is 1. The number of amides is 1. The maximum Gasteiger partial charge on any atom is 0.284 e. The highest BCUT2D eigenvalue weighted by atomic mass is 35.5. The highest BCUT2D eigenvalue weighted by Crippen LogP contribution is 2.33. The second-order valence-electron chi connectivity index (χ2n) is 8.78. The molecular formula is C24H28ClN5O4S. The summed E-state index contributed by atoms with van der Waals surface area (Å²) in [4.78, 5) is 14.0. The molecule has 9 nitrogen and oxygen atoms in total. The van der Waals surface area contributed by atoms with E-state index in [0.717, 1.165) is 0 Å². The van der Waals surface area contributed by atoms with Crippen molar-refractivity contribution in [1.29, 1.82) is 0 Å². The van der Waals surface area contributed by atoms with Gasteiger partial charge in [-0.3, -0.25) is 9.48 Å². The van der Waals surface area contributed by atoms with Crippen LogP contribution in [0.1, 0.15) is 25.1 Å². The number of aliphatic hydroxyl groups is 1. The van der Waals surface area contributed by atoms with Gasteiger partial charge in [-0.2, -0.15) is 13.5 Å². The maximum atomic E-state index is 13.2. The van der Waals surface area contributed by atoms with Crippen molar-refractivity contribution >= 4 is 39.6 Å². The van der Waals surface area contributed by atoms with Crippen molar-refractivity contribution in [3.8, 4) is 11.3 Å². The van der Waals surface area contributed by atoms with Crippen molar-refractivity contribution in [2.75, 3.05) is 19.4 Å². The van der Waals surface area contributed by atoms with Crippen molar-refractivity contribution in [2.24, 2.45) is 11.4 Å². The fourth-order valence-electron chi connectivity index (χ4n) is 3.43. The molecule has 35 heavy (non-hydrogen) atoms. The molecule has 2 N–H and O–H groups in total. The van der Waals surface area contributed by atoms with E-state index in [-0.39, 0.29) is 28.5 Å². The van der Waals surface area contributed by atoms with Crippen molar-refractivity contribution in [2.45, 2.75) is 30.8 Å². The number of hydrogen-bond donors (Lipinski definition) is 2. The first-order chi connectivity index (χ1) is 16.3. The number of sulfonamides is 1. The molecule has 2 aromatic carbocycles. The monoisotopic (exact) mass is 517 g/mol. The van der Waals surface area contributed by atoms with Crippen LogP contribution < -0.4 is 5.32 Å². The number of aryl methyl sites for hydroxylation is 1. The van der Waals surface area contributed by atoms with Crippen LogP contribution in [-0.4, -0.2) is 54.5 Å². The van der Waals surface area contributed by atoms with Gasteiger partial charge >= 0.3 is 0 Å². The molecule has 1 heterocycles. The van der Waals surface area contributed by atoms with Crippen LogP contribution in [0.3, 0.4) is 0 Å². The third-order valence-electron chi connectivity index (χ3n) is 5.05. The summed E-state index contributed by atoms with van der Waals surface area (Å²) < 4.78 is 31.6. The first kappa shape index (κ1) is 26.4. The van der Waals surface area contributed by atoms with E-state index < -0.39 is 15.6 Å². The molecule has 3 aromatic rings. The van der Waals surface area contributed by atoms with Gasteiger partial charge in [0, 0.05) is 37.4 Å². The number of nitrogens with zero attached hydrogens (tertiary/aromatic N) is 4. The third kappa shape index (κ3) is 6.47. The van der Waals surface area contributed by atoms with E-state index in [9.17, 15) is 18.3 Å². The standard InChI is InChI=1S/C24H28ClN5O4S/c1-24(2,32)22-14-20(28-30(22)5)18-11-10-17(13-21(18)35(33,34)26-15-29(3)4)27-23(31)12-16-8-6-7-9-19(16)25/h6-11,13-15,32H,12H2,1-5H3,(H,27,31)/b26-15+. The Morgan fingerprint density at radius 2 is 1.91 bits per heavy atom. The Kier molecular flexibility index (Phi) is 7.68. The zero-order valence-corrected chi connectivity index (χ0v) is 21.7. The summed E-state index contributed by atoms with van der Waals surface area (Å²) in [6.07, 6.45) is 1.21. The first-order valence-electron chi connectivity index (χ1n) is 10.7. The lowest BCUT2D eigenvalue weighted by Crippen LogP contribution is -2.19. The Morgan fingerprint density at radius 3 is 2.51 bits per heavy atom. The molecule has 1 amide bonds. The number of carbonyl (C=O) groups is 1. The summed E-state index contributed by atoms with van der Waals surface area (Å²) >= 11 is 6.15. The van der Waals surface area contributed by atoms with Gasteiger partial charge < -0.3 is 15.3 Å². The molecule has 1 aromatic heterocycles. The number of anilines is 1. The Hall–Kier alpha value is -3.21. The largest absolute Gasteiger partial charge is 0.384 e. The lowest BCUT2D eigenvalue weighted by molar-refractivity contribution is -0.115. The van der Waals surface area contributed by atoms with E-state index in [1.54, 1.807) is 77.5 Å². The molecule has 0 aliphatic rings. The van der Waals surface area contributed by atoms with E-state index >= 15 is 0 Å². The van der Waals surface area contributed by atoms with Gasteiger partial charge in [-0.05, 0) is 49.7 Å². The van der Waals surface area contributed by atoms with Gasteiger partial charge in [-0.25, -0.2) is 0 Å². The van der Waals surface area contributed by atoms with Gasteiger partial charge in [0.05, 0.1) is 17.8 Å². The number of carbonyl (C=O) groups excluding carboxylic acids is 1. The number of hydrogen-bond acceptors (Lipinski definition) is 5. The molecule has 0 saturated carbocycles. The smallest absolute Gasteiger partial charge is 0.284 e. The lowest BCUT2D eigenvalue weighted by atomic mass is 10.0. The Bertz CT molecular complexity index is 1370. The predicted molar refractivity (Wildman–Crippen MR) is 137 cm³/mol. The average Bonchev–Trinajstić information content (AvgIpc) is 3.16. The van der Waals surface area contributed by atoms with Crippen molar-refractivity contribution in [3.63, 3.8) is 0 Å². The summed E-state index contributed by atoms with van der Waals surface area (Å²) in [6, 6.07) is 13.1. The fraction of sp³-hybridized carbons (Fsp3) is 0.292. The lowest BCUT2D eigenvalue weighted by Gasteiger charge is -2.16. The molecule has 0 radical (unpaired) electrons. The quantitative estimate of drug-likeness (QED) is 0.349. The molecule has 186 valence electrons. The minimum Gasteiger partial charge on any atom is -0.384 e. The average molecular weight is 518 g/mol. The van der Waals surface area contributed by atoms with E-state index in [4.69, 9.17) is 11.6 Å². The zero-order chi connectivity index (χ0) is 26.0. The van der Waals surface area contributed by atoms with Crippen molar-refractivity contribution in [3.05, 3.63) is 64.8 Å². The Labute approximate surface area is 210 Å². The Balaban J connectivity index is 2.04. The minimum atomic E-state index is -4.15. The molecule has 0 spiro atoms. The zero-order valence-electron chi connectivity index (χ0n) is 20.2. The van der Waals surface area contributed by atoms with Gasteiger partial charge in [0.15, 0.2) is 0 Å². The van der Waals surface area contributed by atoms with Crippen LogP contribution in [0.2, 0.25) is 5.02 Å². The predicted octanol–water partition coefficient (Wildman–Crippen LogP) is 3.43. The van der Waals surface area contributed by atoms with Crippen molar-refractivity contribution < 1.29 is 18.3 Å². The number of halogens is 1. The molecule has 0 unspecified atom stereocenters. The van der Waals surface area contributed by atoms with Gasteiger partial charge in [0.1, 0.15) is 16.8 Å². The fourth-order valence-corrected chi connectivity index (χ4v) is 4.78. The van der Waals surface area contributed by atoms with Crippen LogP contribution in [0.5, 0.6) is 0 Å². The van der Waals surface area contributed by atoms with Crippen LogP contribution in [-0.2, 0) is 33.9 Å². The molecular weight excluding hydrogens is 490 g/mol. The van der Waals surface area contributed by atoms with Crippen molar-refractivity contribution in [1.82, 2.24) is 14.7 Å².